The van der Waals surface area contributed by atoms with Gasteiger partial charge in [-0.15, -0.1) is 11.6 Å². The van der Waals surface area contributed by atoms with Crippen LogP contribution in [0.2, 0.25) is 0 Å². The van der Waals surface area contributed by atoms with Gasteiger partial charge in [-0.3, -0.25) is 19.8 Å². The van der Waals surface area contributed by atoms with Crippen LogP contribution in [0, 0.1) is 20.9 Å². The summed E-state index contributed by atoms with van der Waals surface area (Å²) in [6.45, 7) is 17.6. The minimum absolute atomic E-state index is 0.0335. The molecule has 0 atom stereocenters. The average molecular weight is 916 g/mol. The van der Waals surface area contributed by atoms with Crippen molar-refractivity contribution in [3.05, 3.63) is 99.9 Å². The Morgan fingerprint density at radius 3 is 2.56 bits per heavy atom. The maximum Gasteiger partial charge on any atom is 0.293 e. The SMILES string of the molecule is C=C(CCCl)C1=C(CN2CCN(c3ccc(C(=O)NS(=O)(=O)c4ccc(NCCN5CCC6(CCOC6)CC5)c([N+](=O)[O-])c4)c(Oc4cnc5[nH]ccc5c4)c3)CC2)CCC(C)(C)C1. The molecule has 4 aliphatic rings. The highest BCUT2D eigenvalue weighted by atomic mass is 35.5. The molecule has 0 unspecified atom stereocenters. The Morgan fingerprint density at radius 1 is 1.03 bits per heavy atom. The van der Waals surface area contributed by atoms with Crippen LogP contribution in [0.1, 0.15) is 69.2 Å². The van der Waals surface area contributed by atoms with Crippen LogP contribution in [0.15, 0.2) is 89.1 Å². The molecule has 3 aliphatic heterocycles. The number of pyridine rings is 1. The van der Waals surface area contributed by atoms with Crippen LogP contribution in [0.25, 0.3) is 11.0 Å². The fourth-order valence-electron chi connectivity index (χ4n) is 9.52. The van der Waals surface area contributed by atoms with E-state index in [1.165, 1.54) is 29.5 Å². The third-order valence-corrected chi connectivity index (χ3v) is 15.0. The lowest BCUT2D eigenvalue weighted by molar-refractivity contribution is -0.384. The highest BCUT2D eigenvalue weighted by molar-refractivity contribution is 7.90. The molecule has 342 valence electrons. The van der Waals surface area contributed by atoms with Crippen molar-refractivity contribution in [2.45, 2.75) is 63.7 Å². The van der Waals surface area contributed by atoms with E-state index < -0.39 is 31.4 Å². The van der Waals surface area contributed by atoms with E-state index in [0.29, 0.717) is 30.4 Å². The predicted molar refractivity (Wildman–Crippen MR) is 250 cm³/mol. The maximum atomic E-state index is 14.0. The van der Waals surface area contributed by atoms with Crippen molar-refractivity contribution in [1.82, 2.24) is 24.5 Å². The first kappa shape index (κ1) is 45.6. The second-order valence-electron chi connectivity index (χ2n) is 18.5. The first-order chi connectivity index (χ1) is 30.7. The minimum atomic E-state index is -4.56. The number of nitro groups is 1. The standard InChI is InChI=1S/C47H59ClN8O7S/c1-33(9-15-48)40-29-46(2,3)11-8-35(40)31-54-21-23-55(24-22-54)36-4-6-39(43(27-36)63-37-26-34-10-16-50-44(34)51-30-37)45(57)52-64(60,61)38-5-7-41(42(28-38)56(58)59)49-17-20-53-18-12-47(13-19-53)14-25-62-32-47/h4-7,10,16,26-28,30,49H,1,8-9,11-15,17-25,29,31-32H2,2-3H3,(H,50,51)(H,52,57). The van der Waals surface area contributed by atoms with Gasteiger partial charge in [-0.1, -0.05) is 31.6 Å². The van der Waals surface area contributed by atoms with Gasteiger partial charge in [0.25, 0.3) is 21.6 Å². The first-order valence-electron chi connectivity index (χ1n) is 22.3. The van der Waals surface area contributed by atoms with Gasteiger partial charge in [0, 0.05) is 87.7 Å². The number of H-pyrrole nitrogens is 1. The lowest BCUT2D eigenvalue weighted by Crippen LogP contribution is -2.47. The van der Waals surface area contributed by atoms with Gasteiger partial charge >= 0.3 is 0 Å². The molecule has 0 bridgehead atoms. The topological polar surface area (TPSA) is 175 Å². The Labute approximate surface area is 380 Å². The first-order valence-corrected chi connectivity index (χ1v) is 24.3. The number of fused-ring (bicyclic) bond motifs is 1. The summed E-state index contributed by atoms with van der Waals surface area (Å²) in [7, 11) is -4.56. The van der Waals surface area contributed by atoms with Gasteiger partial charge in [-0.2, -0.15) is 0 Å². The average Bonchev–Trinajstić information content (AvgIpc) is 3.95. The van der Waals surface area contributed by atoms with E-state index in [4.69, 9.17) is 21.1 Å². The second-order valence-corrected chi connectivity index (χ2v) is 20.6. The molecule has 2 aromatic carbocycles. The van der Waals surface area contributed by atoms with Crippen LogP contribution in [-0.2, 0) is 14.8 Å². The molecule has 3 fully saturated rings. The summed E-state index contributed by atoms with van der Waals surface area (Å²) >= 11 is 6.13. The highest BCUT2D eigenvalue weighted by Gasteiger charge is 2.38. The number of carbonyl (C=O) groups is 1. The number of sulfonamides is 1. The number of halogens is 1. The number of anilines is 2. The number of carbonyl (C=O) groups excluding carboxylic acids is 1. The molecular weight excluding hydrogens is 856 g/mol. The number of alkyl halides is 1. The number of piperazine rings is 1. The number of hydrogen-bond donors (Lipinski definition) is 3. The largest absolute Gasteiger partial charge is 0.455 e. The van der Waals surface area contributed by atoms with Crippen molar-refractivity contribution in [2.24, 2.45) is 10.8 Å². The molecule has 3 N–H and O–H groups in total. The molecule has 1 spiro atoms. The zero-order valence-electron chi connectivity index (χ0n) is 36.8. The van der Waals surface area contributed by atoms with Gasteiger partial charge in [0.15, 0.2) is 0 Å². The Morgan fingerprint density at radius 2 is 1.83 bits per heavy atom. The number of benzene rings is 2. The number of amides is 1. The third kappa shape index (κ3) is 10.6. The van der Waals surface area contributed by atoms with Gasteiger partial charge in [0.05, 0.1) is 28.2 Å². The number of likely N-dealkylation sites (tertiary alicyclic amines) is 1. The van der Waals surface area contributed by atoms with Gasteiger partial charge in [0.1, 0.15) is 22.8 Å². The van der Waals surface area contributed by atoms with Gasteiger partial charge in [0.2, 0.25) is 0 Å². The molecule has 17 heteroatoms. The van der Waals surface area contributed by atoms with E-state index >= 15 is 0 Å². The smallest absolute Gasteiger partial charge is 0.293 e. The van der Waals surface area contributed by atoms with E-state index in [9.17, 15) is 23.3 Å². The van der Waals surface area contributed by atoms with Crippen LogP contribution in [0.3, 0.4) is 0 Å². The Kier molecular flexibility index (Phi) is 13.7. The zero-order valence-corrected chi connectivity index (χ0v) is 38.4. The summed E-state index contributed by atoms with van der Waals surface area (Å²) in [6, 6.07) is 12.3. The van der Waals surface area contributed by atoms with Gasteiger partial charge in [-0.25, -0.2) is 18.1 Å². The molecule has 5 heterocycles. The number of piperidine rings is 1. The normalized spacial score (nSPS) is 19.3. The molecule has 64 heavy (non-hydrogen) atoms. The van der Waals surface area contributed by atoms with E-state index in [-0.39, 0.29) is 27.8 Å². The fourth-order valence-corrected chi connectivity index (χ4v) is 10.7. The lowest BCUT2D eigenvalue weighted by Gasteiger charge is -2.39. The quantitative estimate of drug-likeness (QED) is 0.0561. The minimum Gasteiger partial charge on any atom is -0.455 e. The van der Waals surface area contributed by atoms with Crippen molar-refractivity contribution < 1.29 is 27.6 Å². The number of allylic oxidation sites excluding steroid dienone is 2. The van der Waals surface area contributed by atoms with Crippen LogP contribution in [-0.4, -0.2) is 117 Å². The number of nitro benzene ring substituents is 1. The summed E-state index contributed by atoms with van der Waals surface area (Å²) in [5.41, 5.74) is 5.72. The third-order valence-electron chi connectivity index (χ3n) is 13.5. The van der Waals surface area contributed by atoms with Crippen molar-refractivity contribution in [2.75, 3.05) is 88.2 Å². The van der Waals surface area contributed by atoms with Gasteiger partial charge in [-0.05, 0) is 111 Å². The number of aromatic amines is 1. The molecular formula is C47H59ClN8O7S. The van der Waals surface area contributed by atoms with E-state index in [2.05, 4.69) is 55.1 Å². The molecule has 2 aromatic heterocycles. The lowest BCUT2D eigenvalue weighted by atomic mass is 9.72. The molecule has 1 aliphatic carbocycles. The highest BCUT2D eigenvalue weighted by Crippen LogP contribution is 2.43. The summed E-state index contributed by atoms with van der Waals surface area (Å²) < 4.78 is 41.6. The second kappa shape index (κ2) is 19.2. The molecule has 3 saturated heterocycles. The number of hydrogen-bond acceptors (Lipinski definition) is 12. The van der Waals surface area contributed by atoms with Crippen LogP contribution >= 0.6 is 11.6 Å². The summed E-state index contributed by atoms with van der Waals surface area (Å²) in [6.07, 6.45) is 10.5. The molecule has 15 nitrogen and oxygen atoms in total. The zero-order chi connectivity index (χ0) is 45.1. The fraction of sp³-hybridized carbons (Fsp3) is 0.489. The van der Waals surface area contributed by atoms with Crippen LogP contribution in [0.5, 0.6) is 11.5 Å². The Bertz CT molecular complexity index is 2520. The van der Waals surface area contributed by atoms with E-state index in [1.54, 1.807) is 30.5 Å². The van der Waals surface area contributed by atoms with Crippen molar-refractivity contribution in [3.63, 3.8) is 0 Å². The van der Waals surface area contributed by atoms with Gasteiger partial charge < -0.3 is 29.6 Å². The Balaban J connectivity index is 0.959. The molecule has 0 saturated carbocycles. The summed E-state index contributed by atoms with van der Waals surface area (Å²) in [4.78, 5) is 39.6. The molecule has 1 amide bonds. The number of ether oxygens (including phenoxy) is 2. The summed E-state index contributed by atoms with van der Waals surface area (Å²) in [5, 5.41) is 16.1. The molecule has 4 aromatic rings. The molecule has 0 radical (unpaired) electrons. The van der Waals surface area contributed by atoms with Crippen molar-refractivity contribution >= 4 is 55.6 Å². The van der Waals surface area contributed by atoms with Crippen LogP contribution in [0.4, 0.5) is 17.1 Å². The van der Waals surface area contributed by atoms with Crippen molar-refractivity contribution in [3.8, 4) is 11.5 Å². The monoisotopic (exact) mass is 914 g/mol. The number of rotatable bonds is 16. The van der Waals surface area contributed by atoms with E-state index in [0.717, 1.165) is 127 Å². The number of nitrogens with zero attached hydrogens (tertiary/aromatic N) is 5. The molecule has 8 rings (SSSR count). The van der Waals surface area contributed by atoms with Crippen LogP contribution < -0.4 is 19.7 Å². The number of nitrogens with one attached hydrogen (secondary N) is 3. The Hall–Kier alpha value is -5.00. The predicted octanol–water partition coefficient (Wildman–Crippen LogP) is 8.11. The van der Waals surface area contributed by atoms with Crippen molar-refractivity contribution in [1.29, 1.82) is 0 Å². The summed E-state index contributed by atoms with van der Waals surface area (Å²) in [5.74, 6) is 0.0946. The maximum absolute atomic E-state index is 14.0. The van der Waals surface area contributed by atoms with E-state index in [1.807, 2.05) is 6.07 Å². The number of aromatic nitrogens is 2.